The van der Waals surface area contributed by atoms with Gasteiger partial charge in [-0.05, 0) is 30.3 Å². The summed E-state index contributed by atoms with van der Waals surface area (Å²) in [4.78, 5) is 27.3. The lowest BCUT2D eigenvalue weighted by Crippen LogP contribution is -2.50. The minimum atomic E-state index is -3.92. The number of nitro benzene ring substituents is 1. The van der Waals surface area contributed by atoms with E-state index in [1.807, 2.05) is 0 Å². The second-order valence-corrected chi connectivity index (χ2v) is 8.80. The number of sulfonamides is 1. The number of carbonyl (C=O) groups is 1. The van der Waals surface area contributed by atoms with Crippen molar-refractivity contribution in [3.63, 3.8) is 0 Å². The molecule has 2 aromatic carbocycles. The summed E-state index contributed by atoms with van der Waals surface area (Å²) in [5, 5.41) is 11.5. The molecule has 0 spiro atoms. The second-order valence-electron chi connectivity index (χ2n) is 6.87. The molecule has 0 aliphatic carbocycles. The third-order valence-corrected chi connectivity index (χ3v) is 6.90. The molecule has 1 amide bonds. The van der Waals surface area contributed by atoms with E-state index in [2.05, 4.69) is 4.98 Å². The van der Waals surface area contributed by atoms with Crippen molar-refractivity contribution in [2.45, 2.75) is 4.90 Å². The number of piperazine rings is 1. The van der Waals surface area contributed by atoms with Crippen LogP contribution in [0.3, 0.4) is 0 Å². The molecule has 0 saturated carbocycles. The lowest BCUT2D eigenvalue weighted by molar-refractivity contribution is -0.385. The normalized spacial score (nSPS) is 15.4. The van der Waals surface area contributed by atoms with E-state index in [0.29, 0.717) is 16.6 Å². The van der Waals surface area contributed by atoms with Gasteiger partial charge in [-0.15, -0.1) is 0 Å². The summed E-state index contributed by atoms with van der Waals surface area (Å²) < 4.78 is 40.2. The lowest BCUT2D eigenvalue weighted by atomic mass is 10.2. The van der Waals surface area contributed by atoms with Crippen LogP contribution in [0, 0.1) is 15.9 Å². The number of amides is 1. The topological polar surface area (TPSA) is 117 Å². The highest BCUT2D eigenvalue weighted by Gasteiger charge is 2.31. The first kappa shape index (κ1) is 20.0. The maximum absolute atomic E-state index is 13.4. The number of benzene rings is 2. The number of fused-ring (bicyclic) bond motifs is 1. The molecule has 2 heterocycles. The number of H-pyrrole nitrogens is 1. The minimum absolute atomic E-state index is 0.0611. The third-order valence-electron chi connectivity index (χ3n) is 5.01. The maximum Gasteiger partial charge on any atom is 0.270 e. The van der Waals surface area contributed by atoms with Gasteiger partial charge in [-0.3, -0.25) is 14.9 Å². The van der Waals surface area contributed by atoms with Gasteiger partial charge < -0.3 is 9.88 Å². The first-order chi connectivity index (χ1) is 14.3. The van der Waals surface area contributed by atoms with Gasteiger partial charge in [0.15, 0.2) is 0 Å². The van der Waals surface area contributed by atoms with Crippen LogP contribution < -0.4 is 0 Å². The average molecular weight is 432 g/mol. The van der Waals surface area contributed by atoms with Crippen molar-refractivity contribution in [3.8, 4) is 0 Å². The molecular weight excluding hydrogens is 415 g/mol. The standard InChI is InChI=1S/C19H17FN4O5S/c20-14-4-5-17-13(10-14)11-18(21-17)19(25)22-6-8-23(9-7-22)30(28,29)16-3-1-2-15(12-16)24(26)27/h1-5,10-12,21H,6-9H2. The van der Waals surface area contributed by atoms with Crippen molar-refractivity contribution in [2.24, 2.45) is 0 Å². The van der Waals surface area contributed by atoms with Gasteiger partial charge in [0.05, 0.1) is 9.82 Å². The number of carbonyl (C=O) groups excluding carboxylic acids is 1. The van der Waals surface area contributed by atoms with Crippen LogP contribution in [0.15, 0.2) is 53.4 Å². The van der Waals surface area contributed by atoms with Gasteiger partial charge in [0.2, 0.25) is 10.0 Å². The van der Waals surface area contributed by atoms with Crippen molar-refractivity contribution in [1.82, 2.24) is 14.2 Å². The van der Waals surface area contributed by atoms with E-state index in [0.717, 1.165) is 6.07 Å². The van der Waals surface area contributed by atoms with Crippen LogP contribution in [0.1, 0.15) is 10.5 Å². The predicted molar refractivity (Wildman–Crippen MR) is 106 cm³/mol. The summed E-state index contributed by atoms with van der Waals surface area (Å²) in [6.45, 7) is 0.449. The summed E-state index contributed by atoms with van der Waals surface area (Å²) in [6, 6.07) is 10.6. The Bertz CT molecular complexity index is 1250. The fourth-order valence-corrected chi connectivity index (χ4v) is 4.89. The number of nitrogens with one attached hydrogen (secondary N) is 1. The number of hydrogen-bond acceptors (Lipinski definition) is 5. The molecule has 1 fully saturated rings. The van der Waals surface area contributed by atoms with Gasteiger partial charge in [0.1, 0.15) is 11.5 Å². The average Bonchev–Trinajstić information content (AvgIpc) is 3.16. The van der Waals surface area contributed by atoms with Crippen LogP contribution >= 0.6 is 0 Å². The first-order valence-corrected chi connectivity index (χ1v) is 10.5. The Morgan fingerprint density at radius 1 is 1.07 bits per heavy atom. The molecule has 1 aromatic heterocycles. The first-order valence-electron chi connectivity index (χ1n) is 9.08. The Kier molecular flexibility index (Phi) is 5.00. The number of non-ortho nitro benzene ring substituents is 1. The largest absolute Gasteiger partial charge is 0.351 e. The van der Waals surface area contributed by atoms with Gasteiger partial charge >= 0.3 is 0 Å². The molecule has 1 aliphatic heterocycles. The van der Waals surface area contributed by atoms with Crippen molar-refractivity contribution < 1.29 is 22.5 Å². The number of aromatic nitrogens is 1. The smallest absolute Gasteiger partial charge is 0.270 e. The zero-order valence-corrected chi connectivity index (χ0v) is 16.4. The van der Waals surface area contributed by atoms with Crippen molar-refractivity contribution in [3.05, 3.63) is 70.2 Å². The zero-order valence-electron chi connectivity index (χ0n) is 15.6. The van der Waals surface area contributed by atoms with Gasteiger partial charge in [0, 0.05) is 49.2 Å². The van der Waals surface area contributed by atoms with Crippen LogP contribution in [0.2, 0.25) is 0 Å². The summed E-state index contributed by atoms with van der Waals surface area (Å²) in [7, 11) is -3.92. The summed E-state index contributed by atoms with van der Waals surface area (Å²) >= 11 is 0. The maximum atomic E-state index is 13.4. The van der Waals surface area contributed by atoms with E-state index in [1.165, 1.54) is 39.5 Å². The van der Waals surface area contributed by atoms with Crippen molar-refractivity contribution in [2.75, 3.05) is 26.2 Å². The van der Waals surface area contributed by atoms with E-state index in [9.17, 15) is 27.7 Å². The Morgan fingerprint density at radius 2 is 1.80 bits per heavy atom. The Morgan fingerprint density at radius 3 is 2.50 bits per heavy atom. The number of rotatable bonds is 4. The Labute approximate surface area is 170 Å². The van der Waals surface area contributed by atoms with Gasteiger partial charge in [-0.2, -0.15) is 4.31 Å². The van der Waals surface area contributed by atoms with Crippen molar-refractivity contribution in [1.29, 1.82) is 0 Å². The number of halogens is 1. The number of nitro groups is 1. The van der Waals surface area contributed by atoms with Gasteiger partial charge in [-0.25, -0.2) is 12.8 Å². The molecule has 11 heteroatoms. The monoisotopic (exact) mass is 432 g/mol. The summed E-state index contributed by atoms with van der Waals surface area (Å²) in [5.41, 5.74) is 0.623. The molecule has 9 nitrogen and oxygen atoms in total. The van der Waals surface area contributed by atoms with E-state index < -0.39 is 20.8 Å². The van der Waals surface area contributed by atoms with Crippen LogP contribution in [-0.4, -0.2) is 59.6 Å². The fraction of sp³-hybridized carbons (Fsp3) is 0.211. The highest BCUT2D eigenvalue weighted by Crippen LogP contribution is 2.23. The van der Waals surface area contributed by atoms with Gasteiger partial charge in [-0.1, -0.05) is 6.07 Å². The third kappa shape index (κ3) is 3.64. The number of hydrogen-bond donors (Lipinski definition) is 1. The SMILES string of the molecule is O=C(c1cc2cc(F)ccc2[nH]1)N1CCN(S(=O)(=O)c2cccc([N+](=O)[O-])c2)CC1. The molecule has 4 rings (SSSR count). The van der Waals surface area contributed by atoms with E-state index >= 15 is 0 Å². The Balaban J connectivity index is 1.48. The molecule has 0 unspecified atom stereocenters. The summed E-state index contributed by atoms with van der Waals surface area (Å²) in [6.07, 6.45) is 0. The molecule has 0 atom stereocenters. The summed E-state index contributed by atoms with van der Waals surface area (Å²) in [5.74, 6) is -0.709. The molecule has 156 valence electrons. The molecule has 1 aliphatic rings. The Hall–Kier alpha value is -3.31. The molecule has 1 saturated heterocycles. The van der Waals surface area contributed by atoms with Crippen molar-refractivity contribution >= 4 is 32.5 Å². The minimum Gasteiger partial charge on any atom is -0.351 e. The van der Waals surface area contributed by atoms with Gasteiger partial charge in [0.25, 0.3) is 11.6 Å². The van der Waals surface area contributed by atoms with E-state index in [4.69, 9.17) is 0 Å². The quantitative estimate of drug-likeness (QED) is 0.502. The second kappa shape index (κ2) is 7.50. The molecule has 30 heavy (non-hydrogen) atoms. The van der Waals surface area contributed by atoms with Crippen LogP contribution in [-0.2, 0) is 10.0 Å². The van der Waals surface area contributed by atoms with Crippen LogP contribution in [0.25, 0.3) is 10.9 Å². The van der Waals surface area contributed by atoms with E-state index in [-0.39, 0.29) is 42.7 Å². The lowest BCUT2D eigenvalue weighted by Gasteiger charge is -2.33. The predicted octanol–water partition coefficient (Wildman–Crippen LogP) is 2.36. The fourth-order valence-electron chi connectivity index (χ4n) is 3.43. The molecule has 3 aromatic rings. The molecular formula is C19H17FN4O5S. The zero-order chi connectivity index (χ0) is 21.5. The highest BCUT2D eigenvalue weighted by molar-refractivity contribution is 7.89. The molecule has 0 radical (unpaired) electrons. The highest BCUT2D eigenvalue weighted by atomic mass is 32.2. The number of nitrogens with zero attached hydrogens (tertiary/aromatic N) is 3. The molecule has 1 N–H and O–H groups in total. The van der Waals surface area contributed by atoms with E-state index in [1.54, 1.807) is 12.1 Å². The number of aromatic amines is 1. The molecule has 0 bridgehead atoms. The van der Waals surface area contributed by atoms with Crippen LogP contribution in [0.4, 0.5) is 10.1 Å². The van der Waals surface area contributed by atoms with Crippen LogP contribution in [0.5, 0.6) is 0 Å².